The largest absolute Gasteiger partial charge is 0.376 e. The van der Waals surface area contributed by atoms with E-state index in [0.29, 0.717) is 13.1 Å². The van der Waals surface area contributed by atoms with Gasteiger partial charge in [0, 0.05) is 19.7 Å². The summed E-state index contributed by atoms with van der Waals surface area (Å²) in [7, 11) is 0. The summed E-state index contributed by atoms with van der Waals surface area (Å²) in [6, 6.07) is 9.23. The van der Waals surface area contributed by atoms with Crippen LogP contribution in [-0.4, -0.2) is 48.6 Å². The van der Waals surface area contributed by atoms with Crippen LogP contribution in [0.15, 0.2) is 30.3 Å². The smallest absolute Gasteiger partial charge is 0.242 e. The molecule has 6 nitrogen and oxygen atoms in total. The summed E-state index contributed by atoms with van der Waals surface area (Å²) < 4.78 is 5.67. The Kier molecular flexibility index (Phi) is 9.62. The monoisotopic (exact) mass is 383 g/mol. The summed E-state index contributed by atoms with van der Waals surface area (Å²) in [6.07, 6.45) is 2.06. The van der Waals surface area contributed by atoms with Gasteiger partial charge in [-0.2, -0.15) is 0 Å². The number of carbonyl (C=O) groups excluding carboxylic acids is 2. The highest BCUT2D eigenvalue weighted by atomic mass is 35.5. The number of hydrogen-bond donors (Lipinski definition) is 2. The van der Waals surface area contributed by atoms with E-state index >= 15 is 0 Å². The van der Waals surface area contributed by atoms with E-state index in [0.717, 1.165) is 25.0 Å². The van der Waals surface area contributed by atoms with Crippen molar-refractivity contribution < 1.29 is 14.3 Å². The maximum atomic E-state index is 12.6. The van der Waals surface area contributed by atoms with E-state index in [2.05, 4.69) is 5.32 Å². The van der Waals surface area contributed by atoms with Crippen molar-refractivity contribution in [3.8, 4) is 0 Å². The number of benzene rings is 1. The molecule has 1 fully saturated rings. The molecule has 0 saturated carbocycles. The van der Waals surface area contributed by atoms with Crippen molar-refractivity contribution in [2.45, 2.75) is 45.4 Å². The van der Waals surface area contributed by atoms with E-state index in [1.54, 1.807) is 4.90 Å². The highest BCUT2D eigenvalue weighted by Crippen LogP contribution is 2.15. The minimum Gasteiger partial charge on any atom is -0.376 e. The first kappa shape index (κ1) is 22.4. The van der Waals surface area contributed by atoms with Gasteiger partial charge >= 0.3 is 0 Å². The number of amides is 2. The van der Waals surface area contributed by atoms with E-state index in [1.807, 2.05) is 44.2 Å². The van der Waals surface area contributed by atoms with Crippen molar-refractivity contribution in [2.24, 2.45) is 11.7 Å². The molecule has 3 N–H and O–H groups in total. The lowest BCUT2D eigenvalue weighted by molar-refractivity contribution is -0.135. The van der Waals surface area contributed by atoms with Gasteiger partial charge in [-0.05, 0) is 24.3 Å². The summed E-state index contributed by atoms with van der Waals surface area (Å²) in [6.45, 7) is 5.51. The van der Waals surface area contributed by atoms with Crippen LogP contribution in [0, 0.1) is 5.92 Å². The third kappa shape index (κ3) is 6.94. The van der Waals surface area contributed by atoms with Crippen molar-refractivity contribution in [3.05, 3.63) is 35.9 Å². The molecule has 7 heteroatoms. The molecule has 1 aliphatic heterocycles. The third-order valence-corrected chi connectivity index (χ3v) is 4.45. The number of nitrogens with two attached hydrogens (primary N) is 1. The van der Waals surface area contributed by atoms with Gasteiger partial charge in [0.05, 0.1) is 18.7 Å². The third-order valence-electron chi connectivity index (χ3n) is 4.45. The van der Waals surface area contributed by atoms with Crippen LogP contribution in [0.4, 0.5) is 0 Å². The Morgan fingerprint density at radius 1 is 1.31 bits per heavy atom. The fourth-order valence-electron chi connectivity index (χ4n) is 2.79. The molecule has 2 atom stereocenters. The van der Waals surface area contributed by atoms with Gasteiger partial charge in [0.15, 0.2) is 0 Å². The highest BCUT2D eigenvalue weighted by Gasteiger charge is 2.24. The normalized spacial score (nSPS) is 17.5. The minimum atomic E-state index is -0.603. The molecule has 146 valence electrons. The number of rotatable bonds is 8. The molecule has 0 aliphatic carbocycles. The first-order valence-corrected chi connectivity index (χ1v) is 8.94. The SMILES string of the molecule is CC(C)[C@H](N)C(=O)NCC(=O)N(Cc1ccccc1)CC1CCCO1.Cl. The number of halogens is 1. The van der Waals surface area contributed by atoms with E-state index in [-0.39, 0.29) is 42.8 Å². The molecular weight excluding hydrogens is 354 g/mol. The number of nitrogens with zero attached hydrogens (tertiary/aromatic N) is 1. The molecule has 1 aromatic rings. The zero-order chi connectivity index (χ0) is 18.2. The molecule has 2 amide bonds. The fourth-order valence-corrected chi connectivity index (χ4v) is 2.79. The Hall–Kier alpha value is -1.63. The topological polar surface area (TPSA) is 84.7 Å². The van der Waals surface area contributed by atoms with E-state index in [1.165, 1.54) is 0 Å². The Balaban J connectivity index is 0.00000338. The van der Waals surface area contributed by atoms with Crippen molar-refractivity contribution >= 4 is 24.2 Å². The Morgan fingerprint density at radius 2 is 2.00 bits per heavy atom. The Labute approximate surface area is 161 Å². The van der Waals surface area contributed by atoms with Crippen LogP contribution in [0.1, 0.15) is 32.3 Å². The molecule has 0 bridgehead atoms. The predicted molar refractivity (Wildman–Crippen MR) is 104 cm³/mol. The van der Waals surface area contributed by atoms with Crippen LogP contribution in [0.3, 0.4) is 0 Å². The lowest BCUT2D eigenvalue weighted by atomic mass is 10.1. The van der Waals surface area contributed by atoms with E-state index < -0.39 is 6.04 Å². The molecule has 0 aromatic heterocycles. The summed E-state index contributed by atoms with van der Waals surface area (Å²) >= 11 is 0. The second-order valence-electron chi connectivity index (χ2n) is 6.88. The molecule has 0 radical (unpaired) electrons. The van der Waals surface area contributed by atoms with Crippen LogP contribution in [0.25, 0.3) is 0 Å². The van der Waals surface area contributed by atoms with Gasteiger partial charge < -0.3 is 20.7 Å². The summed E-state index contributed by atoms with van der Waals surface area (Å²) in [5.74, 6) is -0.383. The first-order chi connectivity index (χ1) is 12.0. The van der Waals surface area contributed by atoms with Gasteiger partial charge in [-0.15, -0.1) is 12.4 Å². The zero-order valence-corrected chi connectivity index (χ0v) is 16.3. The van der Waals surface area contributed by atoms with Crippen LogP contribution in [-0.2, 0) is 20.9 Å². The van der Waals surface area contributed by atoms with Gasteiger partial charge in [-0.25, -0.2) is 0 Å². The van der Waals surface area contributed by atoms with Gasteiger partial charge in [0.2, 0.25) is 11.8 Å². The molecular formula is C19H30ClN3O3. The van der Waals surface area contributed by atoms with E-state index in [9.17, 15) is 9.59 Å². The maximum Gasteiger partial charge on any atom is 0.242 e. The molecule has 0 spiro atoms. The number of nitrogens with one attached hydrogen (secondary N) is 1. The van der Waals surface area contributed by atoms with Gasteiger partial charge in [-0.3, -0.25) is 9.59 Å². The molecule has 2 rings (SSSR count). The molecule has 1 aliphatic rings. The lowest BCUT2D eigenvalue weighted by Gasteiger charge is -2.26. The van der Waals surface area contributed by atoms with Crippen LogP contribution in [0.5, 0.6) is 0 Å². The Bertz CT molecular complexity index is 562. The van der Waals surface area contributed by atoms with Crippen LogP contribution >= 0.6 is 12.4 Å². The molecule has 26 heavy (non-hydrogen) atoms. The highest BCUT2D eigenvalue weighted by molar-refractivity contribution is 5.87. The van der Waals surface area contributed by atoms with Crippen molar-refractivity contribution in [1.29, 1.82) is 0 Å². The summed E-state index contributed by atoms with van der Waals surface area (Å²) in [5, 5.41) is 2.66. The molecule has 1 saturated heterocycles. The molecule has 1 heterocycles. The lowest BCUT2D eigenvalue weighted by Crippen LogP contribution is -2.48. The summed E-state index contributed by atoms with van der Waals surface area (Å²) in [4.78, 5) is 26.4. The van der Waals surface area contributed by atoms with Gasteiger partial charge in [-0.1, -0.05) is 44.2 Å². The quantitative estimate of drug-likeness (QED) is 0.715. The molecule has 1 unspecified atom stereocenters. The zero-order valence-electron chi connectivity index (χ0n) is 15.5. The van der Waals surface area contributed by atoms with Crippen LogP contribution < -0.4 is 11.1 Å². The number of carbonyl (C=O) groups is 2. The maximum absolute atomic E-state index is 12.6. The van der Waals surface area contributed by atoms with E-state index in [4.69, 9.17) is 10.5 Å². The molecule has 1 aromatic carbocycles. The standard InChI is InChI=1S/C19H29N3O3.ClH/c1-14(2)18(20)19(24)21-11-17(23)22(13-16-9-6-10-25-16)12-15-7-4-3-5-8-15;/h3-5,7-8,14,16,18H,6,9-13,20H2,1-2H3,(H,21,24);1H/t16?,18-;/m0./s1. The van der Waals surface area contributed by atoms with Gasteiger partial charge in [0.1, 0.15) is 0 Å². The number of hydrogen-bond acceptors (Lipinski definition) is 4. The minimum absolute atomic E-state index is 0. The predicted octanol–water partition coefficient (Wildman–Crippen LogP) is 1.72. The second-order valence-corrected chi connectivity index (χ2v) is 6.88. The average Bonchev–Trinajstić information content (AvgIpc) is 3.12. The van der Waals surface area contributed by atoms with Gasteiger partial charge in [0.25, 0.3) is 0 Å². The fraction of sp³-hybridized carbons (Fsp3) is 0.579. The van der Waals surface area contributed by atoms with Crippen molar-refractivity contribution in [1.82, 2.24) is 10.2 Å². The number of ether oxygens (including phenoxy) is 1. The van der Waals surface area contributed by atoms with Crippen molar-refractivity contribution in [3.63, 3.8) is 0 Å². The Morgan fingerprint density at radius 3 is 2.58 bits per heavy atom. The van der Waals surface area contributed by atoms with Crippen LogP contribution in [0.2, 0.25) is 0 Å². The second kappa shape index (κ2) is 11.2. The first-order valence-electron chi connectivity index (χ1n) is 8.94. The average molecular weight is 384 g/mol. The summed E-state index contributed by atoms with van der Waals surface area (Å²) in [5.41, 5.74) is 6.88. The van der Waals surface area contributed by atoms with Crippen molar-refractivity contribution in [2.75, 3.05) is 19.7 Å².